The van der Waals surface area contributed by atoms with E-state index >= 15 is 0 Å². The lowest BCUT2D eigenvalue weighted by molar-refractivity contribution is -0.168. The molecule has 3 rings (SSSR count). The van der Waals surface area contributed by atoms with Gasteiger partial charge in [-0.3, -0.25) is 0 Å². The number of hydrogen-bond acceptors (Lipinski definition) is 4. The highest BCUT2D eigenvalue weighted by Crippen LogP contribution is 2.41. The van der Waals surface area contributed by atoms with E-state index in [0.717, 1.165) is 5.56 Å². The van der Waals surface area contributed by atoms with Gasteiger partial charge in [-0.2, -0.15) is 0 Å². The fourth-order valence-electron chi connectivity index (χ4n) is 2.70. The number of carbonyl (C=O) groups is 1. The summed E-state index contributed by atoms with van der Waals surface area (Å²) in [7, 11) is 0. The number of rotatable bonds is 2. The van der Waals surface area contributed by atoms with Crippen molar-refractivity contribution in [1.82, 2.24) is 0 Å². The Balaban J connectivity index is 1.87. The Kier molecular flexibility index (Phi) is 3.36. The lowest BCUT2D eigenvalue weighted by Gasteiger charge is -2.27. The molecule has 0 N–H and O–H groups in total. The maximum absolute atomic E-state index is 11.4. The van der Waals surface area contributed by atoms with Crippen LogP contribution in [-0.4, -0.2) is 24.0 Å². The highest BCUT2D eigenvalue weighted by molar-refractivity contribution is 5.82. The Hall–Kier alpha value is -1.65. The van der Waals surface area contributed by atoms with Crippen molar-refractivity contribution in [2.75, 3.05) is 0 Å². The van der Waals surface area contributed by atoms with Gasteiger partial charge in [0, 0.05) is 12.5 Å². The van der Waals surface area contributed by atoms with Crippen molar-refractivity contribution in [3.8, 4) is 0 Å². The minimum atomic E-state index is -0.682. The third-order valence-corrected chi connectivity index (χ3v) is 3.51. The van der Waals surface area contributed by atoms with Gasteiger partial charge in [0.2, 0.25) is 0 Å². The zero-order chi connectivity index (χ0) is 14.2. The molecular weight excluding hydrogens is 256 g/mol. The predicted molar refractivity (Wildman–Crippen MR) is 72.9 cm³/mol. The molecule has 3 atom stereocenters. The second kappa shape index (κ2) is 5.04. The molecule has 2 heterocycles. The number of hydrogen-bond donors (Lipinski definition) is 0. The molecule has 0 bridgehead atoms. The van der Waals surface area contributed by atoms with E-state index < -0.39 is 5.79 Å². The summed E-state index contributed by atoms with van der Waals surface area (Å²) in [5, 5.41) is 0. The molecular formula is C16H18O4. The number of esters is 1. The van der Waals surface area contributed by atoms with E-state index in [1.807, 2.05) is 50.3 Å². The van der Waals surface area contributed by atoms with Crippen LogP contribution in [0.1, 0.15) is 31.9 Å². The Morgan fingerprint density at radius 1 is 1.15 bits per heavy atom. The molecule has 1 fully saturated rings. The van der Waals surface area contributed by atoms with Gasteiger partial charge >= 0.3 is 5.97 Å². The normalized spacial score (nSPS) is 32.1. The van der Waals surface area contributed by atoms with Crippen LogP contribution in [-0.2, 0) is 19.0 Å². The lowest BCUT2D eigenvalue weighted by atomic mass is 9.98. The molecule has 106 valence electrons. The average Bonchev–Trinajstić information content (AvgIpc) is 2.76. The van der Waals surface area contributed by atoms with E-state index in [0.29, 0.717) is 6.42 Å². The molecule has 4 nitrogen and oxygen atoms in total. The van der Waals surface area contributed by atoms with Crippen LogP contribution in [0, 0.1) is 0 Å². The minimum absolute atomic E-state index is 0.226. The molecule has 0 amide bonds. The van der Waals surface area contributed by atoms with Crippen molar-refractivity contribution in [2.45, 2.75) is 44.4 Å². The van der Waals surface area contributed by atoms with Gasteiger partial charge < -0.3 is 14.2 Å². The minimum Gasteiger partial charge on any atom is -0.456 e. The van der Waals surface area contributed by atoms with Crippen LogP contribution in [0.25, 0.3) is 0 Å². The molecule has 4 heteroatoms. The Labute approximate surface area is 118 Å². The Morgan fingerprint density at radius 2 is 1.90 bits per heavy atom. The third-order valence-electron chi connectivity index (χ3n) is 3.51. The van der Waals surface area contributed by atoms with Crippen LogP contribution in [0.5, 0.6) is 0 Å². The summed E-state index contributed by atoms with van der Waals surface area (Å²) in [4.78, 5) is 11.4. The second-order valence-electron chi connectivity index (χ2n) is 5.54. The topological polar surface area (TPSA) is 44.8 Å². The first kappa shape index (κ1) is 13.3. The summed E-state index contributed by atoms with van der Waals surface area (Å²) in [6, 6.07) is 9.90. The number of ether oxygens (including phenoxy) is 3. The number of benzene rings is 1. The molecule has 0 spiro atoms. The zero-order valence-corrected chi connectivity index (χ0v) is 11.6. The van der Waals surface area contributed by atoms with Crippen LogP contribution in [0.3, 0.4) is 0 Å². The quantitative estimate of drug-likeness (QED) is 0.778. The van der Waals surface area contributed by atoms with Gasteiger partial charge in [-0.25, -0.2) is 4.79 Å². The third kappa shape index (κ3) is 2.62. The first-order chi connectivity index (χ1) is 9.55. The molecule has 1 aromatic carbocycles. The molecule has 0 unspecified atom stereocenters. The van der Waals surface area contributed by atoms with Gasteiger partial charge in [-0.15, -0.1) is 0 Å². The summed E-state index contributed by atoms with van der Waals surface area (Å²) in [5.41, 5.74) is 1.04. The first-order valence-electron chi connectivity index (χ1n) is 6.83. The molecule has 0 saturated carbocycles. The second-order valence-corrected chi connectivity index (χ2v) is 5.54. The molecule has 2 aliphatic heterocycles. The number of carbonyl (C=O) groups excluding carboxylic acids is 1. The van der Waals surface area contributed by atoms with E-state index in [1.54, 1.807) is 0 Å². The van der Waals surface area contributed by atoms with Gasteiger partial charge in [0.25, 0.3) is 0 Å². The van der Waals surface area contributed by atoms with E-state index in [9.17, 15) is 4.79 Å². The monoisotopic (exact) mass is 274 g/mol. The fraction of sp³-hybridized carbons (Fsp3) is 0.438. The largest absolute Gasteiger partial charge is 0.456 e. The molecule has 1 saturated heterocycles. The van der Waals surface area contributed by atoms with Gasteiger partial charge in [0.05, 0.1) is 0 Å². The Morgan fingerprint density at radius 3 is 2.60 bits per heavy atom. The fourth-order valence-corrected chi connectivity index (χ4v) is 2.70. The molecule has 0 aliphatic carbocycles. The smallest absolute Gasteiger partial charge is 0.330 e. The van der Waals surface area contributed by atoms with E-state index in [2.05, 4.69) is 0 Å². The zero-order valence-electron chi connectivity index (χ0n) is 11.6. The summed E-state index contributed by atoms with van der Waals surface area (Å²) >= 11 is 0. The lowest BCUT2D eigenvalue weighted by Crippen LogP contribution is -2.36. The van der Waals surface area contributed by atoms with Crippen molar-refractivity contribution in [3.05, 3.63) is 48.0 Å². The standard InChI is InChI=1S/C16H18O4/c1-16(2)19-14(11-7-4-3-5-8-11)15(20-16)12-9-6-10-13(17)18-12/h3-8,10,12,14-15H,9H2,1-2H3/t12-,14+,15+/m1/s1. The van der Waals surface area contributed by atoms with Crippen molar-refractivity contribution in [1.29, 1.82) is 0 Å². The van der Waals surface area contributed by atoms with Crippen molar-refractivity contribution < 1.29 is 19.0 Å². The predicted octanol–water partition coefficient (Wildman–Crippen LogP) is 2.75. The van der Waals surface area contributed by atoms with Crippen molar-refractivity contribution in [3.63, 3.8) is 0 Å². The van der Waals surface area contributed by atoms with Crippen LogP contribution in [0.4, 0.5) is 0 Å². The molecule has 0 aromatic heterocycles. The first-order valence-corrected chi connectivity index (χ1v) is 6.83. The van der Waals surface area contributed by atoms with Crippen molar-refractivity contribution in [2.24, 2.45) is 0 Å². The maximum Gasteiger partial charge on any atom is 0.330 e. The molecule has 0 radical (unpaired) electrons. The van der Waals surface area contributed by atoms with Crippen LogP contribution >= 0.6 is 0 Å². The molecule has 20 heavy (non-hydrogen) atoms. The maximum atomic E-state index is 11.4. The molecule has 1 aromatic rings. The summed E-state index contributed by atoms with van der Waals surface area (Å²) in [5.74, 6) is -1.000. The van der Waals surface area contributed by atoms with Crippen LogP contribution in [0.2, 0.25) is 0 Å². The highest BCUT2D eigenvalue weighted by Gasteiger charge is 2.47. The van der Waals surface area contributed by atoms with Gasteiger partial charge in [0.15, 0.2) is 5.79 Å². The highest BCUT2D eigenvalue weighted by atomic mass is 16.8. The summed E-state index contributed by atoms with van der Waals surface area (Å²) < 4.78 is 17.4. The summed E-state index contributed by atoms with van der Waals surface area (Å²) in [6.07, 6.45) is 3.11. The summed E-state index contributed by atoms with van der Waals surface area (Å²) in [6.45, 7) is 3.76. The van der Waals surface area contributed by atoms with E-state index in [4.69, 9.17) is 14.2 Å². The van der Waals surface area contributed by atoms with Gasteiger partial charge in [-0.1, -0.05) is 36.4 Å². The van der Waals surface area contributed by atoms with Crippen molar-refractivity contribution >= 4 is 5.97 Å². The van der Waals surface area contributed by atoms with E-state index in [-0.39, 0.29) is 24.3 Å². The van der Waals surface area contributed by atoms with Gasteiger partial charge in [-0.05, 0) is 19.4 Å². The van der Waals surface area contributed by atoms with Gasteiger partial charge in [0.1, 0.15) is 18.3 Å². The average molecular weight is 274 g/mol. The SMILES string of the molecule is CC1(C)O[C@@H]([C@H]2CC=CC(=O)O2)[C@H](c2ccccc2)O1. The van der Waals surface area contributed by atoms with Crippen LogP contribution < -0.4 is 0 Å². The van der Waals surface area contributed by atoms with E-state index in [1.165, 1.54) is 6.08 Å². The van der Waals surface area contributed by atoms with Crippen LogP contribution in [0.15, 0.2) is 42.5 Å². The number of cyclic esters (lactones) is 1. The molecule has 2 aliphatic rings. The Bertz CT molecular complexity index is 521.